The molecule has 0 aromatic rings. The highest BCUT2D eigenvalue weighted by atomic mass is 16.3. The van der Waals surface area contributed by atoms with E-state index >= 15 is 0 Å². The fraction of sp³-hybridized carbons (Fsp3) is 0.526. The molecule has 1 amide bonds. The molecule has 27 heavy (non-hydrogen) atoms. The van der Waals surface area contributed by atoms with Crippen molar-refractivity contribution < 1.29 is 34.8 Å². The summed E-state index contributed by atoms with van der Waals surface area (Å²) in [6.07, 6.45) is 3.06. The monoisotopic (exact) mass is 375 g/mol. The van der Waals surface area contributed by atoms with Crippen molar-refractivity contribution in [2.24, 2.45) is 29.4 Å². The SMILES string of the molecule is NC(=O)C1C(=O)C2(O)C(=O)C3=C(O)C4=C(O)C=CCC4CC3CC2CC1O. The smallest absolute Gasteiger partial charge is 0.230 e. The Bertz CT molecular complexity index is 854. The number of carbonyl (C=O) groups is 3. The number of Topliss-reactive ketones (excluding diaryl/α,β-unsaturated/α-hetero) is 2. The van der Waals surface area contributed by atoms with Crippen LogP contribution in [-0.4, -0.2) is 49.6 Å². The van der Waals surface area contributed by atoms with Crippen molar-refractivity contribution in [3.63, 3.8) is 0 Å². The first-order valence-corrected chi connectivity index (χ1v) is 8.99. The molecule has 0 spiro atoms. The molecule has 2 fully saturated rings. The normalized spacial score (nSPS) is 41.2. The van der Waals surface area contributed by atoms with Gasteiger partial charge in [-0.3, -0.25) is 14.4 Å². The van der Waals surface area contributed by atoms with Crippen LogP contribution in [0.25, 0.3) is 0 Å². The summed E-state index contributed by atoms with van der Waals surface area (Å²) in [6, 6.07) is 0. The molecule has 6 N–H and O–H groups in total. The van der Waals surface area contributed by atoms with Gasteiger partial charge in [-0.25, -0.2) is 0 Å². The summed E-state index contributed by atoms with van der Waals surface area (Å²) in [7, 11) is 0. The van der Waals surface area contributed by atoms with E-state index in [2.05, 4.69) is 0 Å². The largest absolute Gasteiger partial charge is 0.508 e. The summed E-state index contributed by atoms with van der Waals surface area (Å²) >= 11 is 0. The fourth-order valence-electron chi connectivity index (χ4n) is 5.24. The molecule has 0 saturated heterocycles. The Hall–Kier alpha value is -2.45. The predicted octanol–water partition coefficient (Wildman–Crippen LogP) is -0.0381. The Labute approximate surface area is 154 Å². The Balaban J connectivity index is 1.84. The van der Waals surface area contributed by atoms with Gasteiger partial charge in [0, 0.05) is 17.1 Å². The van der Waals surface area contributed by atoms with Gasteiger partial charge in [0.2, 0.25) is 11.7 Å². The molecule has 6 unspecified atom stereocenters. The highest BCUT2D eigenvalue weighted by Gasteiger charge is 2.64. The van der Waals surface area contributed by atoms with Crippen LogP contribution in [0.1, 0.15) is 25.7 Å². The Morgan fingerprint density at radius 3 is 2.48 bits per heavy atom. The average Bonchev–Trinajstić information content (AvgIpc) is 2.57. The summed E-state index contributed by atoms with van der Waals surface area (Å²) in [6.45, 7) is 0. The molecular weight excluding hydrogens is 354 g/mol. The molecule has 0 aromatic carbocycles. The first-order valence-electron chi connectivity index (χ1n) is 8.99. The van der Waals surface area contributed by atoms with Gasteiger partial charge in [0.15, 0.2) is 11.4 Å². The van der Waals surface area contributed by atoms with Crippen LogP contribution in [-0.2, 0) is 14.4 Å². The van der Waals surface area contributed by atoms with Crippen molar-refractivity contribution in [2.75, 3.05) is 0 Å². The molecule has 0 bridgehead atoms. The number of carbonyl (C=O) groups excluding carboxylic acids is 3. The van der Waals surface area contributed by atoms with Gasteiger partial charge in [-0.15, -0.1) is 0 Å². The van der Waals surface area contributed by atoms with Gasteiger partial charge in [-0.2, -0.15) is 0 Å². The summed E-state index contributed by atoms with van der Waals surface area (Å²) in [4.78, 5) is 37.5. The molecule has 0 aromatic heterocycles. The van der Waals surface area contributed by atoms with Crippen molar-refractivity contribution in [3.8, 4) is 0 Å². The van der Waals surface area contributed by atoms with Crippen molar-refractivity contribution in [3.05, 3.63) is 34.8 Å². The summed E-state index contributed by atoms with van der Waals surface area (Å²) in [5, 5.41) is 42.0. The summed E-state index contributed by atoms with van der Waals surface area (Å²) < 4.78 is 0. The second-order valence-electron chi connectivity index (χ2n) is 7.90. The van der Waals surface area contributed by atoms with Crippen molar-refractivity contribution >= 4 is 17.5 Å². The minimum atomic E-state index is -2.51. The van der Waals surface area contributed by atoms with E-state index in [1.54, 1.807) is 6.08 Å². The van der Waals surface area contributed by atoms with E-state index in [0.717, 1.165) is 0 Å². The van der Waals surface area contributed by atoms with Gasteiger partial charge in [0.25, 0.3) is 0 Å². The maximum absolute atomic E-state index is 13.1. The zero-order valence-electron chi connectivity index (χ0n) is 14.5. The molecule has 144 valence electrons. The lowest BCUT2D eigenvalue weighted by molar-refractivity contribution is -0.175. The number of fused-ring (bicyclic) bond motifs is 3. The maximum Gasteiger partial charge on any atom is 0.230 e. The van der Waals surface area contributed by atoms with Crippen molar-refractivity contribution in [1.82, 2.24) is 0 Å². The Morgan fingerprint density at radius 2 is 1.81 bits per heavy atom. The number of hydrogen-bond donors (Lipinski definition) is 5. The maximum atomic E-state index is 13.1. The highest BCUT2D eigenvalue weighted by molar-refractivity contribution is 6.23. The second-order valence-corrected chi connectivity index (χ2v) is 7.90. The number of amides is 1. The van der Waals surface area contributed by atoms with Crippen LogP contribution >= 0.6 is 0 Å². The molecule has 0 heterocycles. The number of primary amides is 1. The molecule has 4 rings (SSSR count). The van der Waals surface area contributed by atoms with Gasteiger partial charge in [-0.05, 0) is 43.6 Å². The van der Waals surface area contributed by atoms with Crippen molar-refractivity contribution in [1.29, 1.82) is 0 Å². The number of hydrogen-bond acceptors (Lipinski definition) is 7. The second kappa shape index (κ2) is 5.77. The van der Waals surface area contributed by atoms with Crippen LogP contribution in [0.15, 0.2) is 34.8 Å². The third-order valence-corrected chi connectivity index (χ3v) is 6.49. The third-order valence-electron chi connectivity index (χ3n) is 6.49. The van der Waals surface area contributed by atoms with E-state index in [0.29, 0.717) is 12.8 Å². The minimum Gasteiger partial charge on any atom is -0.508 e. The number of aliphatic hydroxyl groups excluding tert-OH is 3. The van der Waals surface area contributed by atoms with E-state index in [4.69, 9.17) is 5.73 Å². The molecule has 2 saturated carbocycles. The average molecular weight is 375 g/mol. The van der Waals surface area contributed by atoms with E-state index < -0.39 is 52.7 Å². The van der Waals surface area contributed by atoms with Crippen LogP contribution in [0.2, 0.25) is 0 Å². The zero-order chi connectivity index (χ0) is 19.7. The van der Waals surface area contributed by atoms with Gasteiger partial charge in [0.1, 0.15) is 17.4 Å². The molecular formula is C19H21NO7. The van der Waals surface area contributed by atoms with Gasteiger partial charge in [-0.1, -0.05) is 6.08 Å². The third kappa shape index (κ3) is 2.26. The lowest BCUT2D eigenvalue weighted by atomic mass is 9.55. The molecule has 4 aliphatic rings. The molecule has 0 radical (unpaired) electrons. The Kier molecular flexibility index (Phi) is 3.83. The summed E-state index contributed by atoms with van der Waals surface area (Å²) in [5.74, 6) is -6.81. The van der Waals surface area contributed by atoms with Crippen LogP contribution in [0, 0.1) is 23.7 Å². The quantitative estimate of drug-likeness (QED) is 0.402. The number of rotatable bonds is 1. The molecule has 4 aliphatic carbocycles. The predicted molar refractivity (Wildman–Crippen MR) is 91.0 cm³/mol. The molecule has 8 heteroatoms. The van der Waals surface area contributed by atoms with Crippen LogP contribution in [0.3, 0.4) is 0 Å². The summed E-state index contributed by atoms with van der Waals surface area (Å²) in [5.41, 5.74) is 2.84. The van der Waals surface area contributed by atoms with E-state index in [9.17, 15) is 34.8 Å². The topological polar surface area (TPSA) is 158 Å². The van der Waals surface area contributed by atoms with Gasteiger partial charge in [0.05, 0.1) is 6.10 Å². The van der Waals surface area contributed by atoms with E-state index in [1.807, 2.05) is 0 Å². The standard InChI is InChI=1S/C19H21NO7/c20-18(26)14-11(22)6-9-5-8-4-7-2-1-3-10(21)12(7)15(23)13(8)16(24)19(9,27)17(14)25/h1,3,7-9,11,14,21-23,27H,2,4-6H2,(H2,20,26). The lowest BCUT2D eigenvalue weighted by Crippen LogP contribution is -2.66. The van der Waals surface area contributed by atoms with E-state index in [1.165, 1.54) is 6.08 Å². The molecule has 8 nitrogen and oxygen atoms in total. The van der Waals surface area contributed by atoms with Crippen LogP contribution in [0.5, 0.6) is 0 Å². The van der Waals surface area contributed by atoms with Gasteiger partial charge < -0.3 is 26.2 Å². The van der Waals surface area contributed by atoms with Crippen molar-refractivity contribution in [2.45, 2.75) is 37.4 Å². The van der Waals surface area contributed by atoms with Crippen LogP contribution in [0.4, 0.5) is 0 Å². The first kappa shape index (κ1) is 17.9. The zero-order valence-corrected chi connectivity index (χ0v) is 14.5. The number of ketones is 2. The molecule has 0 aliphatic heterocycles. The minimum absolute atomic E-state index is 0.0881. The van der Waals surface area contributed by atoms with Crippen LogP contribution < -0.4 is 5.73 Å². The van der Waals surface area contributed by atoms with E-state index in [-0.39, 0.29) is 35.7 Å². The fourth-order valence-corrected chi connectivity index (χ4v) is 5.24. The Morgan fingerprint density at radius 1 is 1.11 bits per heavy atom. The lowest BCUT2D eigenvalue weighted by Gasteiger charge is -2.49. The number of nitrogens with two attached hydrogens (primary N) is 1. The number of aliphatic hydroxyl groups is 4. The number of allylic oxidation sites excluding steroid dienone is 3. The first-order chi connectivity index (χ1) is 12.7. The highest BCUT2D eigenvalue weighted by Crippen LogP contribution is 2.52. The molecule has 6 atom stereocenters. The van der Waals surface area contributed by atoms with Gasteiger partial charge >= 0.3 is 0 Å².